The Morgan fingerprint density at radius 3 is 2.32 bits per heavy atom. The molecule has 0 saturated carbocycles. The van der Waals surface area contributed by atoms with Gasteiger partial charge >= 0.3 is 6.18 Å². The van der Waals surface area contributed by atoms with Crippen molar-refractivity contribution in [3.63, 3.8) is 0 Å². The Hall–Kier alpha value is -2.70. The van der Waals surface area contributed by atoms with Crippen molar-refractivity contribution in [2.45, 2.75) is 6.18 Å². The van der Waals surface area contributed by atoms with E-state index in [9.17, 15) is 18.0 Å². The van der Waals surface area contributed by atoms with Crippen LogP contribution in [0, 0.1) is 0 Å². The maximum Gasteiger partial charge on any atom is 0.416 e. The molecule has 0 aromatic heterocycles. The molecule has 0 fully saturated rings. The van der Waals surface area contributed by atoms with Crippen LogP contribution in [0.15, 0.2) is 42.5 Å². The van der Waals surface area contributed by atoms with Crippen LogP contribution in [0.4, 0.5) is 13.2 Å². The van der Waals surface area contributed by atoms with Crippen LogP contribution in [-0.4, -0.2) is 38.6 Å². The van der Waals surface area contributed by atoms with Crippen LogP contribution in [0.25, 0.3) is 11.1 Å². The first-order chi connectivity index (χ1) is 11.7. The molecule has 7 heteroatoms. The zero-order valence-electron chi connectivity index (χ0n) is 14.1. The van der Waals surface area contributed by atoms with Gasteiger partial charge in [0.15, 0.2) is 6.61 Å². The van der Waals surface area contributed by atoms with Crippen molar-refractivity contribution in [1.82, 2.24) is 4.90 Å². The number of alkyl halides is 3. The molecule has 134 valence electrons. The number of hydrogen-bond donors (Lipinski definition) is 0. The number of ether oxygens (including phenoxy) is 2. The zero-order chi connectivity index (χ0) is 18.6. The van der Waals surface area contributed by atoms with E-state index in [4.69, 9.17) is 9.47 Å². The zero-order valence-corrected chi connectivity index (χ0v) is 14.1. The summed E-state index contributed by atoms with van der Waals surface area (Å²) in [5, 5.41) is 0. The first-order valence-electron chi connectivity index (χ1n) is 7.40. The van der Waals surface area contributed by atoms with Gasteiger partial charge in [-0.15, -0.1) is 0 Å². The van der Waals surface area contributed by atoms with Gasteiger partial charge in [-0.1, -0.05) is 12.1 Å². The number of amides is 1. The van der Waals surface area contributed by atoms with Gasteiger partial charge in [0.25, 0.3) is 5.91 Å². The molecule has 0 atom stereocenters. The Balaban J connectivity index is 2.35. The maximum atomic E-state index is 12.9. The third-order valence-corrected chi connectivity index (χ3v) is 3.50. The van der Waals surface area contributed by atoms with Gasteiger partial charge in [0.05, 0.1) is 12.7 Å². The molecule has 0 heterocycles. The number of likely N-dealkylation sites (N-methyl/N-ethyl adjacent to an activating group) is 1. The fourth-order valence-electron chi connectivity index (χ4n) is 2.09. The van der Waals surface area contributed by atoms with Crippen LogP contribution < -0.4 is 9.47 Å². The molecule has 2 aromatic rings. The van der Waals surface area contributed by atoms with E-state index in [1.54, 1.807) is 38.4 Å². The van der Waals surface area contributed by atoms with Gasteiger partial charge in [0.1, 0.15) is 11.5 Å². The third kappa shape index (κ3) is 4.89. The molecule has 0 radical (unpaired) electrons. The highest BCUT2D eigenvalue weighted by Gasteiger charge is 2.30. The molecule has 0 saturated heterocycles. The second-order valence-electron chi connectivity index (χ2n) is 5.55. The van der Waals surface area contributed by atoms with Crippen molar-refractivity contribution in [1.29, 1.82) is 0 Å². The molecule has 1 amide bonds. The highest BCUT2D eigenvalue weighted by atomic mass is 19.4. The van der Waals surface area contributed by atoms with Crippen LogP contribution in [0.3, 0.4) is 0 Å². The molecule has 0 aliphatic carbocycles. The fourth-order valence-corrected chi connectivity index (χ4v) is 2.09. The second-order valence-corrected chi connectivity index (χ2v) is 5.55. The second kappa shape index (κ2) is 7.46. The van der Waals surface area contributed by atoms with E-state index >= 15 is 0 Å². The Morgan fingerprint density at radius 2 is 1.72 bits per heavy atom. The van der Waals surface area contributed by atoms with Gasteiger partial charge in [-0.2, -0.15) is 13.2 Å². The standard InChI is InChI=1S/C18H18F3NO3/c1-22(2)17(23)11-25-16-9-13(8-15(10-16)24-3)12-5-4-6-14(7-12)18(19,20)21/h4-10H,11H2,1-3H3. The molecular formula is C18H18F3NO3. The fraction of sp³-hybridized carbons (Fsp3) is 0.278. The average molecular weight is 353 g/mol. The van der Waals surface area contributed by atoms with Crippen molar-refractivity contribution >= 4 is 5.91 Å². The lowest BCUT2D eigenvalue weighted by Crippen LogP contribution is -2.27. The van der Waals surface area contributed by atoms with Gasteiger partial charge in [0.2, 0.25) is 0 Å². The normalized spacial score (nSPS) is 11.1. The van der Waals surface area contributed by atoms with Crippen LogP contribution in [0.1, 0.15) is 5.56 Å². The summed E-state index contributed by atoms with van der Waals surface area (Å²) in [6.45, 7) is -0.178. The number of rotatable bonds is 5. The van der Waals surface area contributed by atoms with Crippen molar-refractivity contribution in [2.24, 2.45) is 0 Å². The minimum atomic E-state index is -4.42. The Bertz CT molecular complexity index is 757. The lowest BCUT2D eigenvalue weighted by Gasteiger charge is -2.14. The number of carbonyl (C=O) groups excluding carboxylic acids is 1. The lowest BCUT2D eigenvalue weighted by molar-refractivity contribution is -0.137. The van der Waals surface area contributed by atoms with Gasteiger partial charge in [-0.05, 0) is 35.4 Å². The first-order valence-corrected chi connectivity index (χ1v) is 7.40. The molecule has 0 N–H and O–H groups in total. The average Bonchev–Trinajstić information content (AvgIpc) is 2.58. The van der Waals surface area contributed by atoms with E-state index < -0.39 is 11.7 Å². The van der Waals surface area contributed by atoms with Gasteiger partial charge < -0.3 is 14.4 Å². The van der Waals surface area contributed by atoms with E-state index in [1.807, 2.05) is 0 Å². The number of methoxy groups -OCH3 is 1. The minimum Gasteiger partial charge on any atom is -0.497 e. The molecule has 0 unspecified atom stereocenters. The number of nitrogens with zero attached hydrogens (tertiary/aromatic N) is 1. The highest BCUT2D eigenvalue weighted by molar-refractivity contribution is 5.77. The summed E-state index contributed by atoms with van der Waals surface area (Å²) < 4.78 is 49.3. The van der Waals surface area contributed by atoms with Crippen LogP contribution >= 0.6 is 0 Å². The first kappa shape index (κ1) is 18.6. The molecular weight excluding hydrogens is 335 g/mol. The molecule has 2 rings (SSSR count). The van der Waals surface area contributed by atoms with Crippen molar-refractivity contribution in [3.8, 4) is 22.6 Å². The van der Waals surface area contributed by atoms with Crippen LogP contribution in [0.2, 0.25) is 0 Å². The lowest BCUT2D eigenvalue weighted by atomic mass is 10.0. The number of halogens is 3. The van der Waals surface area contributed by atoms with E-state index in [2.05, 4.69) is 0 Å². The molecule has 0 aliphatic heterocycles. The maximum absolute atomic E-state index is 12.9. The summed E-state index contributed by atoms with van der Waals surface area (Å²) in [5.74, 6) is 0.521. The van der Waals surface area contributed by atoms with Crippen LogP contribution in [-0.2, 0) is 11.0 Å². The topological polar surface area (TPSA) is 38.8 Å². The van der Waals surface area contributed by atoms with Gasteiger partial charge in [-0.3, -0.25) is 4.79 Å². The van der Waals surface area contributed by atoms with Crippen molar-refractivity contribution in [2.75, 3.05) is 27.8 Å². The molecule has 0 aliphatic rings. The van der Waals surface area contributed by atoms with E-state index in [1.165, 1.54) is 18.1 Å². The summed E-state index contributed by atoms with van der Waals surface area (Å²) in [4.78, 5) is 13.0. The Kier molecular flexibility index (Phi) is 5.56. The SMILES string of the molecule is COc1cc(OCC(=O)N(C)C)cc(-c2cccc(C(F)(F)F)c2)c1. The molecule has 0 bridgehead atoms. The van der Waals surface area contributed by atoms with Crippen LogP contribution in [0.5, 0.6) is 11.5 Å². The van der Waals surface area contributed by atoms with Crippen molar-refractivity contribution < 1.29 is 27.4 Å². The predicted octanol–water partition coefficient (Wildman–Crippen LogP) is 3.85. The van der Waals surface area contributed by atoms with E-state index in [-0.39, 0.29) is 12.5 Å². The summed E-state index contributed by atoms with van der Waals surface area (Å²) >= 11 is 0. The molecule has 2 aromatic carbocycles. The Labute approximate surface area is 143 Å². The number of carbonyl (C=O) groups is 1. The number of hydrogen-bond acceptors (Lipinski definition) is 3. The summed E-state index contributed by atoms with van der Waals surface area (Å²) in [6.07, 6.45) is -4.42. The summed E-state index contributed by atoms with van der Waals surface area (Å²) in [5.41, 5.74) is 0.133. The van der Waals surface area contributed by atoms with E-state index in [0.717, 1.165) is 12.1 Å². The molecule has 25 heavy (non-hydrogen) atoms. The quantitative estimate of drug-likeness (QED) is 0.820. The molecule has 0 spiro atoms. The minimum absolute atomic E-state index is 0.178. The smallest absolute Gasteiger partial charge is 0.416 e. The molecule has 4 nitrogen and oxygen atoms in total. The highest BCUT2D eigenvalue weighted by Crippen LogP contribution is 2.34. The van der Waals surface area contributed by atoms with Crippen molar-refractivity contribution in [3.05, 3.63) is 48.0 Å². The summed E-state index contributed by atoms with van der Waals surface area (Å²) in [7, 11) is 4.65. The predicted molar refractivity (Wildman–Crippen MR) is 87.6 cm³/mol. The van der Waals surface area contributed by atoms with E-state index in [0.29, 0.717) is 22.6 Å². The monoisotopic (exact) mass is 353 g/mol. The largest absolute Gasteiger partial charge is 0.497 e. The third-order valence-electron chi connectivity index (χ3n) is 3.50. The summed E-state index contributed by atoms with van der Waals surface area (Å²) in [6, 6.07) is 9.73. The van der Waals surface area contributed by atoms with Gasteiger partial charge in [0, 0.05) is 20.2 Å². The van der Waals surface area contributed by atoms with Gasteiger partial charge in [-0.25, -0.2) is 0 Å². The number of benzene rings is 2. The Morgan fingerprint density at radius 1 is 1.04 bits per heavy atom.